The zero-order valence-electron chi connectivity index (χ0n) is 11.8. The van der Waals surface area contributed by atoms with Gasteiger partial charge in [-0.1, -0.05) is 18.2 Å². The number of anilines is 2. The molecule has 0 saturated heterocycles. The second-order valence-electron chi connectivity index (χ2n) is 4.78. The Bertz CT molecular complexity index is 702. The highest BCUT2D eigenvalue weighted by Crippen LogP contribution is 2.48. The molecule has 0 atom stereocenters. The summed E-state index contributed by atoms with van der Waals surface area (Å²) in [5.41, 5.74) is 1.12. The molecule has 0 aliphatic carbocycles. The van der Waals surface area contributed by atoms with Gasteiger partial charge in [0.1, 0.15) is 0 Å². The maximum Gasteiger partial charge on any atom is 0.419 e. The van der Waals surface area contributed by atoms with E-state index in [2.05, 4.69) is 5.32 Å². The molecule has 124 valence electrons. The monoisotopic (exact) mass is 334 g/mol. The van der Waals surface area contributed by atoms with Crippen molar-refractivity contribution in [3.8, 4) is 11.1 Å². The van der Waals surface area contributed by atoms with Crippen LogP contribution in [-0.2, 0) is 12.4 Å². The Morgan fingerprint density at radius 2 is 1.30 bits per heavy atom. The van der Waals surface area contributed by atoms with Crippen LogP contribution < -0.4 is 11.1 Å². The van der Waals surface area contributed by atoms with E-state index in [0.29, 0.717) is 5.69 Å². The number of nitrogen functional groups attached to an aromatic ring is 1. The molecule has 0 bridgehead atoms. The third kappa shape index (κ3) is 3.35. The fourth-order valence-corrected chi connectivity index (χ4v) is 2.30. The summed E-state index contributed by atoms with van der Waals surface area (Å²) in [7, 11) is 1.13. The topological polar surface area (TPSA) is 38.0 Å². The van der Waals surface area contributed by atoms with E-state index in [1.165, 1.54) is 24.3 Å². The summed E-state index contributed by atoms with van der Waals surface area (Å²) in [6.07, 6.45) is -10.3. The van der Waals surface area contributed by atoms with E-state index in [1.807, 2.05) is 0 Å². The number of halogens is 6. The van der Waals surface area contributed by atoms with E-state index in [-0.39, 0.29) is 5.56 Å². The van der Waals surface area contributed by atoms with Gasteiger partial charge in [-0.05, 0) is 29.3 Å². The molecule has 2 rings (SSSR count). The first kappa shape index (κ1) is 17.0. The summed E-state index contributed by atoms with van der Waals surface area (Å²) in [6.45, 7) is 0. The van der Waals surface area contributed by atoms with Gasteiger partial charge in [0.2, 0.25) is 0 Å². The Balaban J connectivity index is 2.86. The summed E-state index contributed by atoms with van der Waals surface area (Å²) in [6, 6.07) is 7.14. The van der Waals surface area contributed by atoms with Crippen LogP contribution in [-0.4, -0.2) is 7.05 Å². The molecular formula is C15H12F6N2. The fraction of sp³-hybridized carbons (Fsp3) is 0.200. The first-order chi connectivity index (χ1) is 10.6. The first-order valence-corrected chi connectivity index (χ1v) is 6.40. The molecule has 0 spiro atoms. The van der Waals surface area contributed by atoms with Crippen LogP contribution in [0.2, 0.25) is 0 Å². The molecule has 23 heavy (non-hydrogen) atoms. The zero-order chi connectivity index (χ0) is 17.4. The van der Waals surface area contributed by atoms with Crippen molar-refractivity contribution in [1.82, 2.24) is 0 Å². The molecule has 0 aromatic heterocycles. The molecule has 8 heteroatoms. The van der Waals surface area contributed by atoms with Crippen LogP contribution in [0.15, 0.2) is 36.4 Å². The van der Waals surface area contributed by atoms with E-state index >= 15 is 0 Å². The summed E-state index contributed by atoms with van der Waals surface area (Å²) in [5.74, 6) is 0. The Labute approximate surface area is 127 Å². The molecule has 0 fully saturated rings. The lowest BCUT2D eigenvalue weighted by atomic mass is 9.93. The van der Waals surface area contributed by atoms with Gasteiger partial charge in [-0.3, -0.25) is 0 Å². The summed E-state index contributed by atoms with van der Waals surface area (Å²) in [4.78, 5) is 0. The van der Waals surface area contributed by atoms with Gasteiger partial charge in [-0.25, -0.2) is 0 Å². The number of rotatable bonds is 2. The van der Waals surface area contributed by atoms with E-state index in [0.717, 1.165) is 19.2 Å². The lowest BCUT2D eigenvalue weighted by molar-refractivity contribution is -0.161. The van der Waals surface area contributed by atoms with E-state index in [4.69, 9.17) is 5.73 Å². The van der Waals surface area contributed by atoms with Gasteiger partial charge in [0.15, 0.2) is 0 Å². The van der Waals surface area contributed by atoms with Gasteiger partial charge in [-0.2, -0.15) is 26.3 Å². The number of nitrogens with two attached hydrogens (primary N) is 1. The Hall–Kier alpha value is -2.38. The second-order valence-corrected chi connectivity index (χ2v) is 4.78. The van der Waals surface area contributed by atoms with Crippen LogP contribution in [0, 0.1) is 0 Å². The quantitative estimate of drug-likeness (QED) is 0.598. The Morgan fingerprint density at radius 1 is 0.783 bits per heavy atom. The predicted octanol–water partition coefficient (Wildman–Crippen LogP) is 5.02. The summed E-state index contributed by atoms with van der Waals surface area (Å²) in [5, 5.41) is 2.16. The number of alkyl halides is 6. The van der Waals surface area contributed by atoms with Crippen LogP contribution in [0.1, 0.15) is 11.1 Å². The summed E-state index contributed by atoms with van der Waals surface area (Å²) >= 11 is 0. The average molecular weight is 334 g/mol. The van der Waals surface area contributed by atoms with E-state index in [9.17, 15) is 26.3 Å². The number of hydrogen-bond acceptors (Lipinski definition) is 2. The van der Waals surface area contributed by atoms with Crippen molar-refractivity contribution in [2.24, 2.45) is 0 Å². The normalized spacial score (nSPS) is 12.3. The minimum Gasteiger partial charge on any atom is -0.399 e. The third-order valence-corrected chi connectivity index (χ3v) is 3.26. The molecule has 0 aliphatic rings. The van der Waals surface area contributed by atoms with Crippen LogP contribution in [0.3, 0.4) is 0 Å². The van der Waals surface area contributed by atoms with Crippen LogP contribution in [0.4, 0.5) is 37.7 Å². The lowest BCUT2D eigenvalue weighted by Gasteiger charge is -2.22. The van der Waals surface area contributed by atoms with Crippen LogP contribution in [0.5, 0.6) is 0 Å². The number of nitrogens with one attached hydrogen (secondary N) is 1. The highest BCUT2D eigenvalue weighted by atomic mass is 19.4. The zero-order valence-corrected chi connectivity index (χ0v) is 11.8. The molecular weight excluding hydrogens is 322 g/mol. The molecule has 0 unspecified atom stereocenters. The number of benzene rings is 2. The second kappa shape index (κ2) is 5.68. The first-order valence-electron chi connectivity index (χ1n) is 6.40. The average Bonchev–Trinajstić information content (AvgIpc) is 2.44. The van der Waals surface area contributed by atoms with Crippen molar-refractivity contribution in [2.75, 3.05) is 18.1 Å². The van der Waals surface area contributed by atoms with Crippen molar-refractivity contribution in [2.45, 2.75) is 12.4 Å². The minimum atomic E-state index is -5.17. The third-order valence-electron chi connectivity index (χ3n) is 3.26. The van der Waals surface area contributed by atoms with Gasteiger partial charge in [0, 0.05) is 18.4 Å². The molecule has 3 N–H and O–H groups in total. The van der Waals surface area contributed by atoms with Gasteiger partial charge in [-0.15, -0.1) is 0 Å². The highest BCUT2D eigenvalue weighted by Gasteiger charge is 2.46. The summed E-state index contributed by atoms with van der Waals surface area (Å²) < 4.78 is 79.8. The standard InChI is InChI=1S/C15H12F6N2/c1-23-11-7-6-10(8-2-4-9(22)5-3-8)12(14(16,17)18)13(11)15(19,20)21/h2-7,23H,22H2,1H3. The van der Waals surface area contributed by atoms with Crippen molar-refractivity contribution in [3.63, 3.8) is 0 Å². The molecule has 0 aliphatic heterocycles. The smallest absolute Gasteiger partial charge is 0.399 e. The van der Waals surface area contributed by atoms with Crippen molar-refractivity contribution < 1.29 is 26.3 Å². The van der Waals surface area contributed by atoms with Gasteiger partial charge in [0.05, 0.1) is 11.1 Å². The fourth-order valence-electron chi connectivity index (χ4n) is 2.30. The molecule has 2 aromatic rings. The molecule has 2 aromatic carbocycles. The van der Waals surface area contributed by atoms with Crippen LogP contribution >= 0.6 is 0 Å². The van der Waals surface area contributed by atoms with Gasteiger partial charge in [0.25, 0.3) is 0 Å². The van der Waals surface area contributed by atoms with Crippen molar-refractivity contribution in [3.05, 3.63) is 47.5 Å². The predicted molar refractivity (Wildman–Crippen MR) is 75.8 cm³/mol. The lowest BCUT2D eigenvalue weighted by Crippen LogP contribution is -2.20. The Kier molecular flexibility index (Phi) is 4.19. The minimum absolute atomic E-state index is 0.000298. The molecule has 0 heterocycles. The SMILES string of the molecule is CNc1ccc(-c2ccc(N)cc2)c(C(F)(F)F)c1C(F)(F)F. The van der Waals surface area contributed by atoms with Crippen molar-refractivity contribution >= 4 is 11.4 Å². The molecule has 0 saturated carbocycles. The number of hydrogen-bond donors (Lipinski definition) is 2. The van der Waals surface area contributed by atoms with E-state index < -0.39 is 34.7 Å². The molecule has 0 amide bonds. The Morgan fingerprint density at radius 3 is 1.74 bits per heavy atom. The molecule has 2 nitrogen and oxygen atoms in total. The highest BCUT2D eigenvalue weighted by molar-refractivity contribution is 5.75. The largest absolute Gasteiger partial charge is 0.419 e. The van der Waals surface area contributed by atoms with Crippen LogP contribution in [0.25, 0.3) is 11.1 Å². The van der Waals surface area contributed by atoms with Crippen molar-refractivity contribution in [1.29, 1.82) is 0 Å². The van der Waals surface area contributed by atoms with Gasteiger partial charge >= 0.3 is 12.4 Å². The maximum absolute atomic E-state index is 13.4. The van der Waals surface area contributed by atoms with Gasteiger partial charge < -0.3 is 11.1 Å². The maximum atomic E-state index is 13.4. The molecule has 0 radical (unpaired) electrons. The van der Waals surface area contributed by atoms with E-state index in [1.54, 1.807) is 0 Å².